The number of rotatable bonds is 1. The van der Waals surface area contributed by atoms with Crippen molar-refractivity contribution in [2.45, 2.75) is 6.92 Å². The van der Waals surface area contributed by atoms with Gasteiger partial charge in [-0.15, -0.1) is 0 Å². The Hall–Kier alpha value is -2.36. The molecular weight excluding hydrogens is 212 g/mol. The van der Waals surface area contributed by atoms with E-state index in [1.165, 1.54) is 0 Å². The van der Waals surface area contributed by atoms with Gasteiger partial charge < -0.3 is 5.73 Å². The molecule has 0 saturated heterocycles. The van der Waals surface area contributed by atoms with Crippen LogP contribution in [0, 0.1) is 6.92 Å². The van der Waals surface area contributed by atoms with Gasteiger partial charge in [0.05, 0.1) is 11.7 Å². The molecule has 0 amide bonds. The van der Waals surface area contributed by atoms with E-state index in [-0.39, 0.29) is 0 Å². The molecule has 84 valence electrons. The van der Waals surface area contributed by atoms with Gasteiger partial charge in [-0.25, -0.2) is 9.67 Å². The van der Waals surface area contributed by atoms with Crippen LogP contribution in [-0.2, 0) is 0 Å². The zero-order chi connectivity index (χ0) is 11.8. The van der Waals surface area contributed by atoms with Gasteiger partial charge in [-0.1, -0.05) is 6.07 Å². The lowest BCUT2D eigenvalue weighted by Crippen LogP contribution is -1.98. The van der Waals surface area contributed by atoms with Gasteiger partial charge in [0.15, 0.2) is 5.82 Å². The monoisotopic (exact) mass is 224 g/mol. The van der Waals surface area contributed by atoms with Crippen molar-refractivity contribution in [1.82, 2.24) is 14.8 Å². The van der Waals surface area contributed by atoms with Crippen LogP contribution in [-0.4, -0.2) is 14.8 Å². The fourth-order valence-corrected chi connectivity index (χ4v) is 1.82. The summed E-state index contributed by atoms with van der Waals surface area (Å²) in [6.07, 6.45) is 3.63. The number of nitrogens with two attached hydrogens (primary N) is 1. The number of hydrogen-bond acceptors (Lipinski definition) is 3. The quantitative estimate of drug-likeness (QED) is 0.645. The van der Waals surface area contributed by atoms with E-state index in [1.807, 2.05) is 48.1 Å². The predicted octanol–water partition coefficient (Wildman–Crippen LogP) is 2.31. The summed E-state index contributed by atoms with van der Waals surface area (Å²) in [5.41, 5.74) is 8.63. The molecule has 2 aromatic heterocycles. The average molecular weight is 224 g/mol. The van der Waals surface area contributed by atoms with Crippen LogP contribution in [0.15, 0.2) is 42.7 Å². The minimum absolute atomic E-state index is 0.744. The first-order valence-electron chi connectivity index (χ1n) is 5.40. The lowest BCUT2D eigenvalue weighted by atomic mass is 10.2. The van der Waals surface area contributed by atoms with E-state index < -0.39 is 0 Å². The van der Waals surface area contributed by atoms with Crippen molar-refractivity contribution >= 4 is 16.6 Å². The highest BCUT2D eigenvalue weighted by molar-refractivity contribution is 5.83. The molecule has 0 saturated carbocycles. The first-order valence-corrected chi connectivity index (χ1v) is 5.40. The first-order chi connectivity index (χ1) is 8.24. The molecular formula is C13H12N4. The molecule has 0 bridgehead atoms. The predicted molar refractivity (Wildman–Crippen MR) is 68.0 cm³/mol. The molecule has 0 aliphatic rings. The third-order valence-corrected chi connectivity index (χ3v) is 2.70. The third-order valence-electron chi connectivity index (χ3n) is 2.70. The number of benzene rings is 1. The molecule has 4 heteroatoms. The maximum atomic E-state index is 5.74. The second kappa shape index (κ2) is 3.59. The molecule has 2 N–H and O–H groups in total. The summed E-state index contributed by atoms with van der Waals surface area (Å²) >= 11 is 0. The van der Waals surface area contributed by atoms with Crippen LogP contribution < -0.4 is 5.73 Å². The van der Waals surface area contributed by atoms with Gasteiger partial charge in [-0.05, 0) is 36.8 Å². The van der Waals surface area contributed by atoms with Crippen LogP contribution in [0.1, 0.15) is 5.56 Å². The highest BCUT2D eigenvalue weighted by atomic mass is 15.3. The summed E-state index contributed by atoms with van der Waals surface area (Å²) in [6, 6.07) is 9.71. The van der Waals surface area contributed by atoms with E-state index in [1.54, 1.807) is 6.20 Å². The minimum Gasteiger partial charge on any atom is -0.399 e. The summed E-state index contributed by atoms with van der Waals surface area (Å²) in [5, 5.41) is 5.36. The van der Waals surface area contributed by atoms with Crippen LogP contribution in [0.2, 0.25) is 0 Å². The van der Waals surface area contributed by atoms with Crippen LogP contribution in [0.4, 0.5) is 5.69 Å². The van der Waals surface area contributed by atoms with Crippen molar-refractivity contribution in [2.75, 3.05) is 5.73 Å². The summed E-state index contributed by atoms with van der Waals surface area (Å²) in [5.74, 6) is 0.815. The highest BCUT2D eigenvalue weighted by Gasteiger charge is 2.05. The highest BCUT2D eigenvalue weighted by Crippen LogP contribution is 2.19. The summed E-state index contributed by atoms with van der Waals surface area (Å²) in [4.78, 5) is 4.36. The van der Waals surface area contributed by atoms with Gasteiger partial charge in [0.25, 0.3) is 0 Å². The van der Waals surface area contributed by atoms with Crippen molar-refractivity contribution in [1.29, 1.82) is 0 Å². The van der Waals surface area contributed by atoms with Crippen molar-refractivity contribution in [3.63, 3.8) is 0 Å². The maximum Gasteiger partial charge on any atom is 0.153 e. The number of anilines is 1. The largest absolute Gasteiger partial charge is 0.399 e. The van der Waals surface area contributed by atoms with Gasteiger partial charge >= 0.3 is 0 Å². The van der Waals surface area contributed by atoms with Gasteiger partial charge in [0.1, 0.15) is 0 Å². The fraction of sp³-hybridized carbons (Fsp3) is 0.0769. The van der Waals surface area contributed by atoms with Gasteiger partial charge in [-0.2, -0.15) is 5.10 Å². The molecule has 4 nitrogen and oxygen atoms in total. The Morgan fingerprint density at radius 2 is 2.00 bits per heavy atom. The van der Waals surface area contributed by atoms with Gasteiger partial charge in [0.2, 0.25) is 0 Å². The van der Waals surface area contributed by atoms with E-state index in [0.717, 1.165) is 28.0 Å². The summed E-state index contributed by atoms with van der Waals surface area (Å²) in [7, 11) is 0. The zero-order valence-electron chi connectivity index (χ0n) is 9.46. The number of hydrogen-bond donors (Lipinski definition) is 1. The number of aryl methyl sites for hydroxylation is 1. The molecule has 2 heterocycles. The average Bonchev–Trinajstić information content (AvgIpc) is 2.73. The normalized spacial score (nSPS) is 10.9. The van der Waals surface area contributed by atoms with Crippen molar-refractivity contribution in [2.24, 2.45) is 0 Å². The Labute approximate surface area is 98.7 Å². The second-order valence-corrected chi connectivity index (χ2v) is 4.07. The molecule has 0 unspecified atom stereocenters. The molecule has 17 heavy (non-hydrogen) atoms. The Kier molecular flexibility index (Phi) is 2.08. The number of nitrogens with zero attached hydrogens (tertiary/aromatic N) is 3. The Balaban J connectivity index is 2.21. The van der Waals surface area contributed by atoms with Crippen molar-refractivity contribution in [3.8, 4) is 5.82 Å². The molecule has 0 atom stereocenters. The Bertz CT molecular complexity index is 667. The molecule has 0 fully saturated rings. The molecule has 3 aromatic rings. The van der Waals surface area contributed by atoms with E-state index >= 15 is 0 Å². The zero-order valence-corrected chi connectivity index (χ0v) is 9.46. The minimum atomic E-state index is 0.744. The number of fused-ring (bicyclic) bond motifs is 1. The van der Waals surface area contributed by atoms with E-state index in [0.29, 0.717) is 0 Å². The molecule has 1 aromatic carbocycles. The molecule has 0 aliphatic heterocycles. The Morgan fingerprint density at radius 1 is 1.12 bits per heavy atom. The van der Waals surface area contributed by atoms with E-state index in [2.05, 4.69) is 10.1 Å². The number of pyridine rings is 1. The third kappa shape index (κ3) is 1.63. The fourth-order valence-electron chi connectivity index (χ4n) is 1.82. The second-order valence-electron chi connectivity index (χ2n) is 4.07. The molecule has 0 radical (unpaired) electrons. The number of aromatic nitrogens is 3. The number of nitrogen functional groups attached to an aromatic ring is 1. The molecule has 0 spiro atoms. The van der Waals surface area contributed by atoms with Gasteiger partial charge in [-0.3, -0.25) is 0 Å². The molecule has 0 aliphatic carbocycles. The summed E-state index contributed by atoms with van der Waals surface area (Å²) in [6.45, 7) is 2.01. The maximum absolute atomic E-state index is 5.74. The van der Waals surface area contributed by atoms with Crippen LogP contribution in [0.5, 0.6) is 0 Å². The van der Waals surface area contributed by atoms with Crippen LogP contribution in [0.25, 0.3) is 16.7 Å². The lowest BCUT2D eigenvalue weighted by molar-refractivity contribution is 0.873. The Morgan fingerprint density at radius 3 is 2.76 bits per heavy atom. The van der Waals surface area contributed by atoms with E-state index in [4.69, 9.17) is 5.73 Å². The standard InChI is InChI=1S/C13H12N4/c1-9-2-5-13(15-7-9)17-12-4-3-11(14)6-10(12)8-16-17/h2-8H,14H2,1H3. The van der Waals surface area contributed by atoms with E-state index in [9.17, 15) is 0 Å². The smallest absolute Gasteiger partial charge is 0.153 e. The van der Waals surface area contributed by atoms with Crippen molar-refractivity contribution < 1.29 is 0 Å². The van der Waals surface area contributed by atoms with Crippen molar-refractivity contribution in [3.05, 3.63) is 48.3 Å². The summed E-state index contributed by atoms with van der Waals surface area (Å²) < 4.78 is 1.81. The van der Waals surface area contributed by atoms with Crippen LogP contribution >= 0.6 is 0 Å². The van der Waals surface area contributed by atoms with Crippen LogP contribution in [0.3, 0.4) is 0 Å². The van der Waals surface area contributed by atoms with Gasteiger partial charge in [0, 0.05) is 17.3 Å². The first kappa shape index (κ1) is 9.84. The lowest BCUT2D eigenvalue weighted by Gasteiger charge is -2.02. The molecule has 3 rings (SSSR count). The SMILES string of the molecule is Cc1ccc(-n2ncc3cc(N)ccc32)nc1. The topological polar surface area (TPSA) is 56.7 Å².